The molecule has 11 nitrogen and oxygen atoms in total. The van der Waals surface area contributed by atoms with Gasteiger partial charge in [0.25, 0.3) is 0 Å². The number of amides is 3. The molecule has 1 saturated heterocycles. The highest BCUT2D eigenvalue weighted by atomic mass is 32.2. The van der Waals surface area contributed by atoms with Crippen LogP contribution in [0.5, 0.6) is 5.75 Å². The minimum Gasteiger partial charge on any atom is -0.478 e. The Hall–Kier alpha value is -5.18. The number of rotatable bonds is 9. The zero-order valence-corrected chi connectivity index (χ0v) is 26.2. The number of benzene rings is 3. The van der Waals surface area contributed by atoms with Gasteiger partial charge in [0, 0.05) is 6.42 Å². The molecule has 2 N–H and O–H groups in total. The fraction of sp³-hybridized carbons (Fsp3) is 0.250. The van der Waals surface area contributed by atoms with E-state index in [1.54, 1.807) is 6.07 Å². The lowest BCUT2D eigenvalue weighted by Crippen LogP contribution is -2.31. The summed E-state index contributed by atoms with van der Waals surface area (Å²) in [5, 5.41) is 17.0. The molecule has 3 amide bonds. The van der Waals surface area contributed by atoms with Crippen molar-refractivity contribution in [1.82, 2.24) is 14.8 Å². The minimum atomic E-state index is -4.79. The molecule has 0 atom stereocenters. The molecule has 0 radical (unpaired) electrons. The molecule has 0 aliphatic carbocycles. The van der Waals surface area contributed by atoms with E-state index in [4.69, 9.17) is 0 Å². The number of nitrogens with one attached hydrogen (secondary N) is 1. The third-order valence-electron chi connectivity index (χ3n) is 7.08. The summed E-state index contributed by atoms with van der Waals surface area (Å²) in [6.45, 7) is 5.93. The number of nitrogens with zero attached hydrogens (tertiary/aromatic N) is 5. The van der Waals surface area contributed by atoms with Gasteiger partial charge in [-0.05, 0) is 78.4 Å². The van der Waals surface area contributed by atoms with E-state index in [-0.39, 0.29) is 39.7 Å². The number of carboxylic acid groups (broad SMARTS) is 1. The normalized spacial score (nSPS) is 14.2. The Morgan fingerprint density at radius 2 is 1.83 bits per heavy atom. The third kappa shape index (κ3) is 8.16. The number of urea groups is 1. The summed E-state index contributed by atoms with van der Waals surface area (Å²) in [7, 11) is 0. The molecule has 0 bridgehead atoms. The second kappa shape index (κ2) is 13.7. The van der Waals surface area contributed by atoms with Gasteiger partial charge < -0.3 is 15.2 Å². The number of aliphatic imine (C=N–C) groups is 1. The van der Waals surface area contributed by atoms with Crippen molar-refractivity contribution in [2.24, 2.45) is 4.99 Å². The third-order valence-corrected chi connectivity index (χ3v) is 8.00. The molecule has 244 valence electrons. The largest absolute Gasteiger partial charge is 0.573 e. The predicted molar refractivity (Wildman–Crippen MR) is 171 cm³/mol. The van der Waals surface area contributed by atoms with Crippen LogP contribution in [0.4, 0.5) is 29.3 Å². The molecule has 1 fully saturated rings. The first-order chi connectivity index (χ1) is 22.3. The fourth-order valence-electron chi connectivity index (χ4n) is 4.87. The number of anilines is 2. The van der Waals surface area contributed by atoms with Gasteiger partial charge in [-0.2, -0.15) is 10.1 Å². The van der Waals surface area contributed by atoms with Crippen LogP contribution in [0.15, 0.2) is 72.0 Å². The number of thioether (sulfide) groups is 1. The van der Waals surface area contributed by atoms with Gasteiger partial charge in [0.2, 0.25) is 5.91 Å². The molecule has 0 spiro atoms. The SMILES string of the molecule is Cc1ccc(C(C)C)c(N2C(=O)CS/C2=N\C(=O)Nc2ccc(CCc3ncn(-c4ccc(OC(F)(F)F)cc4)n3)cc2C(=O)O)c1. The van der Waals surface area contributed by atoms with Gasteiger partial charge in [-0.25, -0.2) is 19.3 Å². The molecule has 2 heterocycles. The van der Waals surface area contributed by atoms with E-state index in [0.29, 0.717) is 35.6 Å². The second-order valence-electron chi connectivity index (χ2n) is 10.9. The summed E-state index contributed by atoms with van der Waals surface area (Å²) < 4.78 is 42.5. The van der Waals surface area contributed by atoms with Crippen molar-refractivity contribution in [1.29, 1.82) is 0 Å². The Labute approximate surface area is 271 Å². The van der Waals surface area contributed by atoms with Gasteiger partial charge in [-0.1, -0.05) is 43.8 Å². The number of amidine groups is 1. The number of aromatic nitrogens is 3. The van der Waals surface area contributed by atoms with Gasteiger partial charge in [-0.3, -0.25) is 9.69 Å². The maximum atomic E-state index is 13.0. The van der Waals surface area contributed by atoms with Crippen molar-refractivity contribution >= 4 is 46.2 Å². The lowest BCUT2D eigenvalue weighted by molar-refractivity contribution is -0.274. The van der Waals surface area contributed by atoms with Crippen molar-refractivity contribution in [3.63, 3.8) is 0 Å². The monoisotopic (exact) mass is 666 g/mol. The van der Waals surface area contributed by atoms with E-state index in [1.807, 2.05) is 39.0 Å². The fourth-order valence-corrected chi connectivity index (χ4v) is 5.73. The van der Waals surface area contributed by atoms with E-state index in [2.05, 4.69) is 25.1 Å². The number of hydrogen-bond acceptors (Lipinski definition) is 7. The number of carbonyl (C=O) groups excluding carboxylic acids is 2. The first kappa shape index (κ1) is 33.2. The number of ether oxygens (including phenoxy) is 1. The quantitative estimate of drug-likeness (QED) is 0.200. The van der Waals surface area contributed by atoms with E-state index >= 15 is 0 Å². The average molecular weight is 667 g/mol. The summed E-state index contributed by atoms with van der Waals surface area (Å²) in [5.41, 5.74) is 3.53. The number of aromatic carboxylic acids is 1. The molecular weight excluding hydrogens is 637 g/mol. The number of carboxylic acids is 1. The van der Waals surface area contributed by atoms with Crippen LogP contribution in [0.1, 0.15) is 52.6 Å². The van der Waals surface area contributed by atoms with Gasteiger partial charge >= 0.3 is 18.4 Å². The lowest BCUT2D eigenvalue weighted by Gasteiger charge is -2.22. The molecule has 0 unspecified atom stereocenters. The van der Waals surface area contributed by atoms with Crippen LogP contribution in [-0.2, 0) is 17.6 Å². The molecular formula is C32H29F3N6O5S. The van der Waals surface area contributed by atoms with E-state index in [0.717, 1.165) is 22.9 Å². The van der Waals surface area contributed by atoms with Crippen molar-refractivity contribution < 1.29 is 37.4 Å². The van der Waals surface area contributed by atoms with Crippen LogP contribution in [0, 0.1) is 6.92 Å². The number of aryl methyl sites for hydroxylation is 3. The molecule has 4 aromatic rings. The Kier molecular flexibility index (Phi) is 9.65. The molecule has 5 rings (SSSR count). The Morgan fingerprint density at radius 3 is 2.51 bits per heavy atom. The van der Waals surface area contributed by atoms with Crippen LogP contribution in [0.25, 0.3) is 5.69 Å². The first-order valence-electron chi connectivity index (χ1n) is 14.4. The van der Waals surface area contributed by atoms with Crippen LogP contribution in [0.3, 0.4) is 0 Å². The molecule has 1 aliphatic rings. The highest BCUT2D eigenvalue weighted by Gasteiger charge is 2.33. The van der Waals surface area contributed by atoms with Crippen molar-refractivity contribution in [2.75, 3.05) is 16.0 Å². The molecule has 3 aromatic carbocycles. The van der Waals surface area contributed by atoms with Crippen LogP contribution < -0.4 is 15.0 Å². The first-order valence-corrected chi connectivity index (χ1v) is 15.3. The zero-order valence-electron chi connectivity index (χ0n) is 25.4. The van der Waals surface area contributed by atoms with Crippen molar-refractivity contribution in [3.8, 4) is 11.4 Å². The summed E-state index contributed by atoms with van der Waals surface area (Å²) in [5.74, 6) is -1.18. The van der Waals surface area contributed by atoms with Crippen LogP contribution in [0.2, 0.25) is 0 Å². The molecule has 1 aromatic heterocycles. The maximum absolute atomic E-state index is 13.0. The highest BCUT2D eigenvalue weighted by molar-refractivity contribution is 8.15. The van der Waals surface area contributed by atoms with Gasteiger partial charge in [0.15, 0.2) is 11.0 Å². The minimum absolute atomic E-state index is 0.0373. The number of halogens is 3. The van der Waals surface area contributed by atoms with Crippen LogP contribution >= 0.6 is 11.8 Å². The van der Waals surface area contributed by atoms with E-state index in [1.165, 1.54) is 52.3 Å². The molecule has 0 saturated carbocycles. The van der Waals surface area contributed by atoms with Gasteiger partial charge in [0.05, 0.1) is 28.4 Å². The summed E-state index contributed by atoms with van der Waals surface area (Å²) in [4.78, 5) is 47.7. The smallest absolute Gasteiger partial charge is 0.478 e. The average Bonchev–Trinajstić information content (AvgIpc) is 3.62. The topological polar surface area (TPSA) is 139 Å². The summed E-state index contributed by atoms with van der Waals surface area (Å²) >= 11 is 1.13. The summed E-state index contributed by atoms with van der Waals surface area (Å²) in [6, 6.07) is 14.7. The maximum Gasteiger partial charge on any atom is 0.573 e. The van der Waals surface area contributed by atoms with Crippen LogP contribution in [-0.4, -0.2) is 55.1 Å². The van der Waals surface area contributed by atoms with E-state index in [9.17, 15) is 32.7 Å². The van der Waals surface area contributed by atoms with Crippen molar-refractivity contribution in [3.05, 3.63) is 95.1 Å². The predicted octanol–water partition coefficient (Wildman–Crippen LogP) is 6.75. The standard InChI is InChI=1S/C32H29F3N6O5S/c1-18(2)23-11-4-19(3)14-26(23)41-28(42)16-47-31(41)38-30(45)37-25-12-5-20(15-24(25)29(43)44)6-13-27-36-17-40(39-27)21-7-9-22(10-8-21)46-32(33,34)35/h4-5,7-12,14-15,17-18H,6,13,16H2,1-3H3,(H,37,45)(H,43,44)/b38-31-. The highest BCUT2D eigenvalue weighted by Crippen LogP contribution is 2.34. The second-order valence-corrected chi connectivity index (χ2v) is 11.8. The molecule has 15 heteroatoms. The van der Waals surface area contributed by atoms with Gasteiger partial charge in [-0.15, -0.1) is 13.2 Å². The zero-order chi connectivity index (χ0) is 33.9. The van der Waals surface area contributed by atoms with E-state index < -0.39 is 18.4 Å². The molecule has 1 aliphatic heterocycles. The Bertz CT molecular complexity index is 1860. The number of alkyl halides is 3. The van der Waals surface area contributed by atoms with Crippen molar-refractivity contribution in [2.45, 2.75) is 45.9 Å². The Balaban J connectivity index is 1.27. The van der Waals surface area contributed by atoms with Gasteiger partial charge in [0.1, 0.15) is 12.1 Å². The number of hydrogen-bond donors (Lipinski definition) is 2. The number of carbonyl (C=O) groups is 3. The summed E-state index contributed by atoms with van der Waals surface area (Å²) in [6.07, 6.45) is -2.68. The lowest BCUT2D eigenvalue weighted by atomic mass is 9.99. The molecule has 47 heavy (non-hydrogen) atoms. The Morgan fingerprint density at radius 1 is 1.09 bits per heavy atom.